The van der Waals surface area contributed by atoms with Crippen LogP contribution in [0.15, 0.2) is 72.8 Å². The summed E-state index contributed by atoms with van der Waals surface area (Å²) in [5.74, 6) is 1.63. The molecule has 1 aliphatic heterocycles. The maximum atomic E-state index is 12.3. The number of benzene rings is 5. The van der Waals surface area contributed by atoms with Crippen molar-refractivity contribution in [2.75, 3.05) is 6.61 Å². The molecule has 0 radical (unpaired) electrons. The first kappa shape index (κ1) is 27.9. The lowest BCUT2D eigenvalue weighted by Gasteiger charge is -2.31. The Kier molecular flexibility index (Phi) is 7.17. The highest BCUT2D eigenvalue weighted by molar-refractivity contribution is 14.1. The molecule has 41 heavy (non-hydrogen) atoms. The van der Waals surface area contributed by atoms with Crippen LogP contribution in [-0.4, -0.2) is 28.4 Å². The van der Waals surface area contributed by atoms with Crippen LogP contribution in [0.3, 0.4) is 0 Å². The van der Waals surface area contributed by atoms with E-state index in [1.807, 2.05) is 81.4 Å². The Balaban J connectivity index is 1.56. The first-order valence-electron chi connectivity index (χ1n) is 13.0. The second kappa shape index (κ2) is 10.5. The quantitative estimate of drug-likeness (QED) is 0.138. The van der Waals surface area contributed by atoms with Gasteiger partial charge >= 0.3 is 5.97 Å². The molecule has 0 bridgehead atoms. The van der Waals surface area contributed by atoms with Crippen LogP contribution < -0.4 is 9.47 Å². The molecule has 1 unspecified atom stereocenters. The zero-order valence-corrected chi connectivity index (χ0v) is 26.8. The molecule has 0 fully saturated rings. The number of halogens is 2. The third-order valence-electron chi connectivity index (χ3n) is 6.95. The van der Waals surface area contributed by atoms with E-state index in [0.717, 1.165) is 45.4 Å². The number of phenolic OH excluding ortho intramolecular Hbond substituents is 2. The van der Waals surface area contributed by atoms with Crippen molar-refractivity contribution < 1.29 is 29.2 Å². The number of carbonyl (C=O) groups excluding carboxylic acids is 1. The molecule has 1 heterocycles. The molecule has 0 spiro atoms. The number of hydrogen-bond acceptors (Lipinski definition) is 6. The van der Waals surface area contributed by atoms with Gasteiger partial charge in [0.25, 0.3) is 0 Å². The molecular formula is C33H26I2O6. The summed E-state index contributed by atoms with van der Waals surface area (Å²) in [5.41, 5.74) is 2.24. The highest BCUT2D eigenvalue weighted by atomic mass is 127. The fourth-order valence-electron chi connectivity index (χ4n) is 5.34. The summed E-state index contributed by atoms with van der Waals surface area (Å²) in [7, 11) is 0. The number of ether oxygens (including phenoxy) is 3. The highest BCUT2D eigenvalue weighted by Gasteiger charge is 2.33. The Morgan fingerprint density at radius 3 is 2.00 bits per heavy atom. The van der Waals surface area contributed by atoms with E-state index in [4.69, 9.17) is 14.2 Å². The van der Waals surface area contributed by atoms with Crippen LogP contribution in [0.2, 0.25) is 0 Å². The van der Waals surface area contributed by atoms with Gasteiger partial charge in [0.1, 0.15) is 34.3 Å². The van der Waals surface area contributed by atoms with Gasteiger partial charge in [-0.2, -0.15) is 0 Å². The number of phenols is 2. The lowest BCUT2D eigenvalue weighted by atomic mass is 9.78. The average molecular weight is 772 g/mol. The summed E-state index contributed by atoms with van der Waals surface area (Å²) in [6.07, 6.45) is 0. The van der Waals surface area contributed by atoms with Gasteiger partial charge < -0.3 is 24.4 Å². The topological polar surface area (TPSA) is 85.2 Å². The van der Waals surface area contributed by atoms with Crippen molar-refractivity contribution >= 4 is 72.7 Å². The molecule has 6 nitrogen and oxygen atoms in total. The first-order valence-corrected chi connectivity index (χ1v) is 15.2. The number of hydrogen-bond donors (Lipinski definition) is 2. The van der Waals surface area contributed by atoms with E-state index in [2.05, 4.69) is 45.2 Å². The summed E-state index contributed by atoms with van der Waals surface area (Å²) in [5, 5.41) is 24.8. The third kappa shape index (κ3) is 5.39. The van der Waals surface area contributed by atoms with Crippen molar-refractivity contribution in [2.45, 2.75) is 32.3 Å². The summed E-state index contributed by atoms with van der Waals surface area (Å²) in [4.78, 5) is 12.3. The van der Waals surface area contributed by atoms with Gasteiger partial charge in [0.05, 0.1) is 7.14 Å². The minimum absolute atomic E-state index is 0.168. The standard InChI is InChI=1S/C33H26I2O6/c1-33(2,3)41-28(37)16-39-21-9-5-18-7-11-27-31(23(18)15-21)29(19-12-24(34)32(38)25(35)13-19)30-22-14-20(36)8-4-17(22)6-10-26(30)40-27/h4-15,29,36,38H,16H2,1-3H3. The normalized spacial score (nSPS) is 14.3. The van der Waals surface area contributed by atoms with E-state index in [-0.39, 0.29) is 24.0 Å². The predicted octanol–water partition coefficient (Wildman–Crippen LogP) is 8.62. The smallest absolute Gasteiger partial charge is 0.344 e. The van der Waals surface area contributed by atoms with Crippen molar-refractivity contribution in [1.82, 2.24) is 0 Å². The van der Waals surface area contributed by atoms with Crippen molar-refractivity contribution in [3.05, 3.63) is 96.6 Å². The van der Waals surface area contributed by atoms with Crippen LogP contribution in [0.1, 0.15) is 43.4 Å². The summed E-state index contributed by atoms with van der Waals surface area (Å²) < 4.78 is 19.3. The highest BCUT2D eigenvalue weighted by Crippen LogP contribution is 2.53. The van der Waals surface area contributed by atoms with Crippen LogP contribution in [0.4, 0.5) is 0 Å². The monoisotopic (exact) mass is 772 g/mol. The van der Waals surface area contributed by atoms with Gasteiger partial charge in [0.2, 0.25) is 0 Å². The molecule has 5 aromatic rings. The largest absolute Gasteiger partial charge is 0.508 e. The van der Waals surface area contributed by atoms with Crippen molar-refractivity contribution in [1.29, 1.82) is 0 Å². The predicted molar refractivity (Wildman–Crippen MR) is 175 cm³/mol. The van der Waals surface area contributed by atoms with Gasteiger partial charge in [-0.25, -0.2) is 4.79 Å². The van der Waals surface area contributed by atoms with E-state index in [1.165, 1.54) is 0 Å². The second-order valence-corrected chi connectivity index (χ2v) is 13.3. The van der Waals surface area contributed by atoms with Crippen molar-refractivity contribution in [2.24, 2.45) is 0 Å². The molecule has 0 amide bonds. The number of aromatic hydroxyl groups is 2. The maximum Gasteiger partial charge on any atom is 0.344 e. The zero-order valence-electron chi connectivity index (χ0n) is 22.5. The molecule has 5 aromatic carbocycles. The number of carbonyl (C=O) groups is 1. The SMILES string of the molecule is CC(C)(C)OC(=O)COc1ccc2ccc3c(c2c1)C(c1cc(I)c(O)c(I)c1)c1c(ccc2ccc(O)cc12)O3. The molecule has 0 saturated carbocycles. The van der Waals surface area contributed by atoms with E-state index >= 15 is 0 Å². The van der Waals surface area contributed by atoms with E-state index < -0.39 is 11.6 Å². The molecule has 6 rings (SSSR count). The summed E-state index contributed by atoms with van der Waals surface area (Å²) >= 11 is 4.31. The Labute approximate surface area is 264 Å². The summed E-state index contributed by atoms with van der Waals surface area (Å²) in [6, 6.07) is 23.0. The average Bonchev–Trinajstić information content (AvgIpc) is 2.92. The van der Waals surface area contributed by atoms with Crippen LogP contribution in [0.5, 0.6) is 28.7 Å². The van der Waals surface area contributed by atoms with Crippen LogP contribution >= 0.6 is 45.2 Å². The summed E-state index contributed by atoms with van der Waals surface area (Å²) in [6.45, 7) is 5.25. The van der Waals surface area contributed by atoms with Crippen LogP contribution in [0, 0.1) is 7.14 Å². The van der Waals surface area contributed by atoms with Gasteiger partial charge in [-0.3, -0.25) is 0 Å². The Hall–Kier alpha value is -3.25. The van der Waals surface area contributed by atoms with E-state index in [1.54, 1.807) is 12.1 Å². The van der Waals surface area contributed by atoms with Gasteiger partial charge in [0.15, 0.2) is 6.61 Å². The molecule has 1 atom stereocenters. The van der Waals surface area contributed by atoms with Gasteiger partial charge in [-0.15, -0.1) is 0 Å². The molecule has 0 saturated heterocycles. The molecule has 2 N–H and O–H groups in total. The van der Waals surface area contributed by atoms with Gasteiger partial charge in [-0.1, -0.05) is 24.3 Å². The van der Waals surface area contributed by atoms with E-state index in [0.29, 0.717) is 17.2 Å². The molecule has 0 aromatic heterocycles. The first-order chi connectivity index (χ1) is 19.5. The minimum Gasteiger partial charge on any atom is -0.508 e. The molecule has 1 aliphatic rings. The third-order valence-corrected chi connectivity index (χ3v) is 8.59. The Morgan fingerprint density at radius 2 is 1.39 bits per heavy atom. The molecule has 8 heteroatoms. The van der Waals surface area contributed by atoms with Gasteiger partial charge in [-0.05, 0) is 142 Å². The molecule has 208 valence electrons. The fraction of sp³-hybridized carbons (Fsp3) is 0.182. The minimum atomic E-state index is -0.600. The van der Waals surface area contributed by atoms with Gasteiger partial charge in [0, 0.05) is 17.0 Å². The second-order valence-electron chi connectivity index (χ2n) is 11.0. The Morgan fingerprint density at radius 1 is 0.829 bits per heavy atom. The van der Waals surface area contributed by atoms with Crippen molar-refractivity contribution in [3.63, 3.8) is 0 Å². The Bertz CT molecular complexity index is 1830. The molecular weight excluding hydrogens is 746 g/mol. The lowest BCUT2D eigenvalue weighted by Crippen LogP contribution is -2.27. The number of rotatable bonds is 4. The van der Waals surface area contributed by atoms with E-state index in [9.17, 15) is 15.0 Å². The number of esters is 1. The number of fused-ring (bicyclic) bond motifs is 6. The fourth-order valence-corrected chi connectivity index (χ4v) is 7.15. The van der Waals surface area contributed by atoms with Crippen LogP contribution in [-0.2, 0) is 9.53 Å². The van der Waals surface area contributed by atoms with Crippen LogP contribution in [0.25, 0.3) is 21.5 Å². The zero-order chi connectivity index (χ0) is 29.1. The van der Waals surface area contributed by atoms with Crippen molar-refractivity contribution in [3.8, 4) is 28.7 Å². The maximum absolute atomic E-state index is 12.3. The molecule has 0 aliphatic carbocycles. The lowest BCUT2D eigenvalue weighted by molar-refractivity contribution is -0.157.